The largest absolute Gasteiger partial charge is 0.385 e. The topological polar surface area (TPSA) is 29.5 Å². The average Bonchev–Trinajstić information content (AvgIpc) is 2.38. The molecule has 3 heteroatoms. The number of hydrogen-bond donors (Lipinski definition) is 1. The van der Waals surface area contributed by atoms with E-state index in [2.05, 4.69) is 0 Å². The van der Waals surface area contributed by atoms with Crippen molar-refractivity contribution in [2.75, 3.05) is 6.61 Å². The van der Waals surface area contributed by atoms with Gasteiger partial charge in [0.25, 0.3) is 0 Å². The Labute approximate surface area is 121 Å². The van der Waals surface area contributed by atoms with Crippen LogP contribution < -0.4 is 0 Å². The van der Waals surface area contributed by atoms with Gasteiger partial charge in [0.2, 0.25) is 0 Å². The SMILES string of the molecule is CCOC1(C(O)c2c(C)cc(C)cc2F)CCCCC1. The molecule has 0 bridgehead atoms. The van der Waals surface area contributed by atoms with E-state index in [1.807, 2.05) is 26.8 Å². The highest BCUT2D eigenvalue weighted by atomic mass is 19.1. The molecule has 0 aromatic heterocycles. The molecule has 1 aromatic rings. The third-order valence-electron chi connectivity index (χ3n) is 4.38. The number of rotatable bonds is 4. The van der Waals surface area contributed by atoms with Crippen molar-refractivity contribution < 1.29 is 14.2 Å². The van der Waals surface area contributed by atoms with Crippen molar-refractivity contribution in [1.82, 2.24) is 0 Å². The van der Waals surface area contributed by atoms with Crippen LogP contribution in [0.2, 0.25) is 0 Å². The lowest BCUT2D eigenvalue weighted by atomic mass is 9.77. The lowest BCUT2D eigenvalue weighted by Gasteiger charge is -2.41. The van der Waals surface area contributed by atoms with Gasteiger partial charge in [-0.25, -0.2) is 4.39 Å². The van der Waals surface area contributed by atoms with Crippen molar-refractivity contribution in [2.45, 2.75) is 64.6 Å². The van der Waals surface area contributed by atoms with Crippen LogP contribution in [0.3, 0.4) is 0 Å². The van der Waals surface area contributed by atoms with Crippen LogP contribution in [0.4, 0.5) is 4.39 Å². The quantitative estimate of drug-likeness (QED) is 0.895. The van der Waals surface area contributed by atoms with Gasteiger partial charge >= 0.3 is 0 Å². The Morgan fingerprint density at radius 3 is 2.45 bits per heavy atom. The molecule has 1 fully saturated rings. The first-order valence-corrected chi connectivity index (χ1v) is 7.59. The second-order valence-electron chi connectivity index (χ2n) is 5.94. The molecule has 0 amide bonds. The Morgan fingerprint density at radius 1 is 1.25 bits per heavy atom. The van der Waals surface area contributed by atoms with Gasteiger partial charge in [0.05, 0.1) is 5.60 Å². The monoisotopic (exact) mass is 280 g/mol. The number of aryl methyl sites for hydroxylation is 2. The highest BCUT2D eigenvalue weighted by molar-refractivity contribution is 5.35. The second kappa shape index (κ2) is 6.23. The summed E-state index contributed by atoms with van der Waals surface area (Å²) in [5.41, 5.74) is 1.48. The molecule has 2 nitrogen and oxygen atoms in total. The standard InChI is InChI=1S/C17H25FO2/c1-4-20-17(8-6-5-7-9-17)16(19)15-13(3)10-12(2)11-14(15)18/h10-11,16,19H,4-9H2,1-3H3. The van der Waals surface area contributed by atoms with Gasteiger partial charge in [-0.15, -0.1) is 0 Å². The Balaban J connectivity index is 2.39. The molecule has 1 aromatic carbocycles. The molecule has 0 aliphatic heterocycles. The zero-order valence-corrected chi connectivity index (χ0v) is 12.7. The molecule has 1 aliphatic rings. The molecular formula is C17H25FO2. The minimum atomic E-state index is -0.886. The van der Waals surface area contributed by atoms with Gasteiger partial charge in [-0.2, -0.15) is 0 Å². The number of benzene rings is 1. The van der Waals surface area contributed by atoms with E-state index in [-0.39, 0.29) is 5.82 Å². The summed E-state index contributed by atoms with van der Waals surface area (Å²) in [4.78, 5) is 0. The number of aliphatic hydroxyl groups is 1. The normalized spacial score (nSPS) is 19.9. The van der Waals surface area contributed by atoms with Crippen molar-refractivity contribution in [3.8, 4) is 0 Å². The summed E-state index contributed by atoms with van der Waals surface area (Å²) in [6, 6.07) is 3.41. The molecule has 0 radical (unpaired) electrons. The minimum Gasteiger partial charge on any atom is -0.385 e. The smallest absolute Gasteiger partial charge is 0.129 e. The molecule has 20 heavy (non-hydrogen) atoms. The molecule has 0 saturated heterocycles. The summed E-state index contributed by atoms with van der Waals surface area (Å²) < 4.78 is 20.2. The first kappa shape index (κ1) is 15.5. The van der Waals surface area contributed by atoms with Gasteiger partial charge in [0.15, 0.2) is 0 Å². The number of aliphatic hydroxyl groups excluding tert-OH is 1. The highest BCUT2D eigenvalue weighted by Gasteiger charge is 2.42. The predicted octanol–water partition coefficient (Wildman–Crippen LogP) is 4.22. The van der Waals surface area contributed by atoms with Crippen molar-refractivity contribution in [3.05, 3.63) is 34.6 Å². The average molecular weight is 280 g/mol. The lowest BCUT2D eigenvalue weighted by Crippen LogP contribution is -2.42. The van der Waals surface area contributed by atoms with Crippen LogP contribution in [0.15, 0.2) is 12.1 Å². The van der Waals surface area contributed by atoms with E-state index in [0.717, 1.165) is 43.2 Å². The zero-order chi connectivity index (χ0) is 14.8. The van der Waals surface area contributed by atoms with Crippen LogP contribution >= 0.6 is 0 Å². The van der Waals surface area contributed by atoms with E-state index < -0.39 is 11.7 Å². The summed E-state index contributed by atoms with van der Waals surface area (Å²) in [6.45, 7) is 6.20. The van der Waals surface area contributed by atoms with E-state index in [9.17, 15) is 9.50 Å². The Bertz CT molecular complexity index is 436. The molecule has 112 valence electrons. The van der Waals surface area contributed by atoms with Crippen LogP contribution in [0.25, 0.3) is 0 Å². The fourth-order valence-corrected chi connectivity index (χ4v) is 3.47. The van der Waals surface area contributed by atoms with Gasteiger partial charge in [-0.05, 0) is 50.8 Å². The number of ether oxygens (including phenoxy) is 1. The second-order valence-corrected chi connectivity index (χ2v) is 5.94. The Hall–Kier alpha value is -0.930. The molecule has 1 N–H and O–H groups in total. The summed E-state index contributed by atoms with van der Waals surface area (Å²) in [5, 5.41) is 10.8. The first-order valence-electron chi connectivity index (χ1n) is 7.59. The number of halogens is 1. The summed E-state index contributed by atoms with van der Waals surface area (Å²) in [6.07, 6.45) is 3.94. The van der Waals surface area contributed by atoms with Gasteiger partial charge in [-0.3, -0.25) is 0 Å². The fourth-order valence-electron chi connectivity index (χ4n) is 3.47. The molecule has 0 heterocycles. The van der Waals surface area contributed by atoms with Gasteiger partial charge in [0, 0.05) is 12.2 Å². The summed E-state index contributed by atoms with van der Waals surface area (Å²) in [7, 11) is 0. The maximum Gasteiger partial charge on any atom is 0.129 e. The van der Waals surface area contributed by atoms with E-state index >= 15 is 0 Å². The third-order valence-corrected chi connectivity index (χ3v) is 4.38. The molecule has 1 saturated carbocycles. The molecule has 1 atom stereocenters. The van der Waals surface area contributed by atoms with Crippen LogP contribution in [0.1, 0.15) is 61.8 Å². The van der Waals surface area contributed by atoms with Gasteiger partial charge in [-0.1, -0.05) is 25.3 Å². The minimum absolute atomic E-state index is 0.320. The van der Waals surface area contributed by atoms with Crippen LogP contribution in [-0.4, -0.2) is 17.3 Å². The zero-order valence-electron chi connectivity index (χ0n) is 12.7. The van der Waals surface area contributed by atoms with Crippen LogP contribution in [-0.2, 0) is 4.74 Å². The molecule has 1 aliphatic carbocycles. The molecule has 2 rings (SSSR count). The Kier molecular flexibility index (Phi) is 4.82. The summed E-state index contributed by atoms with van der Waals surface area (Å²) in [5.74, 6) is -0.320. The molecular weight excluding hydrogens is 255 g/mol. The van der Waals surface area contributed by atoms with Crippen LogP contribution in [0, 0.1) is 19.7 Å². The lowest BCUT2D eigenvalue weighted by molar-refractivity contribution is -0.142. The predicted molar refractivity (Wildman–Crippen MR) is 78.3 cm³/mol. The van der Waals surface area contributed by atoms with Crippen molar-refractivity contribution in [2.24, 2.45) is 0 Å². The summed E-state index contributed by atoms with van der Waals surface area (Å²) >= 11 is 0. The van der Waals surface area contributed by atoms with E-state index in [4.69, 9.17) is 4.74 Å². The molecule has 1 unspecified atom stereocenters. The fraction of sp³-hybridized carbons (Fsp3) is 0.647. The third kappa shape index (κ3) is 2.89. The highest BCUT2D eigenvalue weighted by Crippen LogP contribution is 2.43. The molecule has 0 spiro atoms. The van der Waals surface area contributed by atoms with Crippen molar-refractivity contribution in [3.63, 3.8) is 0 Å². The maximum absolute atomic E-state index is 14.3. The van der Waals surface area contributed by atoms with E-state index in [1.165, 1.54) is 6.07 Å². The first-order chi connectivity index (χ1) is 9.50. The van der Waals surface area contributed by atoms with Crippen molar-refractivity contribution in [1.29, 1.82) is 0 Å². The van der Waals surface area contributed by atoms with Crippen LogP contribution in [0.5, 0.6) is 0 Å². The van der Waals surface area contributed by atoms with E-state index in [1.54, 1.807) is 0 Å². The van der Waals surface area contributed by atoms with Gasteiger partial charge in [0.1, 0.15) is 11.9 Å². The number of hydrogen-bond acceptors (Lipinski definition) is 2. The van der Waals surface area contributed by atoms with E-state index in [0.29, 0.717) is 12.2 Å². The van der Waals surface area contributed by atoms with Gasteiger partial charge < -0.3 is 9.84 Å². The Morgan fingerprint density at radius 2 is 1.90 bits per heavy atom. The maximum atomic E-state index is 14.3. The van der Waals surface area contributed by atoms with Crippen molar-refractivity contribution >= 4 is 0 Å².